The van der Waals surface area contributed by atoms with Gasteiger partial charge >= 0.3 is 0 Å². The van der Waals surface area contributed by atoms with Crippen LogP contribution >= 0.6 is 0 Å². The van der Waals surface area contributed by atoms with Crippen LogP contribution in [0.5, 0.6) is 0 Å². The van der Waals surface area contributed by atoms with E-state index in [1.807, 2.05) is 0 Å². The van der Waals surface area contributed by atoms with Crippen molar-refractivity contribution in [2.75, 3.05) is 0 Å². The molecule has 1 heteroatoms. The highest BCUT2D eigenvalue weighted by atomic mass is 28.2. The Kier molecular flexibility index (Phi) is 9.55. The van der Waals surface area contributed by atoms with E-state index in [1.165, 1.54) is 37.7 Å². The Labute approximate surface area is 85.9 Å². The monoisotopic (exact) mass is 194 g/mol. The average Bonchev–Trinajstić information content (AvgIpc) is 2.09. The predicted molar refractivity (Wildman–Crippen MR) is 63.1 cm³/mol. The fourth-order valence-corrected chi connectivity index (χ4v) is 1.79. The summed E-state index contributed by atoms with van der Waals surface area (Å²) in [6, 6.07) is 0. The minimum Gasteiger partial charge on any atom is -0.0979 e. The molecule has 0 atom stereocenters. The topological polar surface area (TPSA) is 0 Å². The third kappa shape index (κ3) is 11.7. The van der Waals surface area contributed by atoms with Crippen LogP contribution in [-0.2, 0) is 0 Å². The van der Waals surface area contributed by atoms with Crippen molar-refractivity contribution in [2.45, 2.75) is 52.9 Å². The van der Waals surface area contributed by atoms with E-state index >= 15 is 0 Å². The molecule has 0 aliphatic carbocycles. The van der Waals surface area contributed by atoms with Crippen LogP contribution in [0.3, 0.4) is 0 Å². The molecule has 74 valence electrons. The van der Waals surface area contributed by atoms with Gasteiger partial charge in [0.15, 0.2) is 0 Å². The van der Waals surface area contributed by atoms with Crippen molar-refractivity contribution < 1.29 is 0 Å². The van der Waals surface area contributed by atoms with Crippen molar-refractivity contribution >= 4 is 9.52 Å². The highest BCUT2D eigenvalue weighted by Gasteiger charge is 1.84. The lowest BCUT2D eigenvalue weighted by atomic mass is 10.2. The van der Waals surface area contributed by atoms with Gasteiger partial charge in [-0.1, -0.05) is 49.2 Å². The van der Waals surface area contributed by atoms with Gasteiger partial charge in [-0.3, -0.25) is 0 Å². The summed E-state index contributed by atoms with van der Waals surface area (Å²) in [5.41, 5.74) is 6.02. The first-order chi connectivity index (χ1) is 6.27. The number of unbranched alkanes of at least 4 members (excludes halogenated alkanes) is 4. The molecule has 0 aliphatic heterocycles. The second-order valence-corrected chi connectivity index (χ2v) is 4.60. The van der Waals surface area contributed by atoms with E-state index in [-0.39, 0.29) is 0 Å². The Bertz CT molecular complexity index is 153. The van der Waals surface area contributed by atoms with Gasteiger partial charge in [0.05, 0.1) is 0 Å². The molecule has 0 bridgehead atoms. The van der Waals surface area contributed by atoms with Crippen molar-refractivity contribution in [3.8, 4) is 0 Å². The summed E-state index contributed by atoms with van der Waals surface area (Å²) < 4.78 is 0. The Hall–Kier alpha value is -0.303. The van der Waals surface area contributed by atoms with E-state index in [2.05, 4.69) is 38.2 Å². The molecular weight excluding hydrogens is 172 g/mol. The van der Waals surface area contributed by atoms with Gasteiger partial charge in [0.1, 0.15) is 9.52 Å². The van der Waals surface area contributed by atoms with Crippen LogP contribution < -0.4 is 0 Å². The summed E-state index contributed by atoms with van der Waals surface area (Å²) in [7, 11) is 0.882. The molecule has 0 nitrogen and oxygen atoms in total. The molecular formula is C12H22Si. The number of rotatable bonds is 7. The van der Waals surface area contributed by atoms with Gasteiger partial charge < -0.3 is 0 Å². The van der Waals surface area contributed by atoms with Crippen LogP contribution in [0.1, 0.15) is 52.9 Å². The summed E-state index contributed by atoms with van der Waals surface area (Å²) in [5, 5.41) is 0. The van der Waals surface area contributed by atoms with Crippen molar-refractivity contribution in [1.29, 1.82) is 0 Å². The van der Waals surface area contributed by atoms with Crippen LogP contribution in [0.25, 0.3) is 0 Å². The summed E-state index contributed by atoms with van der Waals surface area (Å²) in [5.74, 6) is 0. The molecule has 0 fully saturated rings. The van der Waals surface area contributed by atoms with Gasteiger partial charge in [-0.15, -0.1) is 0 Å². The third-order valence-electron chi connectivity index (χ3n) is 1.81. The maximum absolute atomic E-state index is 2.33. The lowest BCUT2D eigenvalue weighted by Crippen LogP contribution is -1.79. The summed E-state index contributed by atoms with van der Waals surface area (Å²) in [6.45, 7) is 6.57. The summed E-state index contributed by atoms with van der Waals surface area (Å²) in [4.78, 5) is 0. The molecule has 0 aromatic carbocycles. The van der Waals surface area contributed by atoms with Crippen LogP contribution in [0.4, 0.5) is 0 Å². The fourth-order valence-electron chi connectivity index (χ4n) is 1.06. The van der Waals surface area contributed by atoms with Crippen LogP contribution in [-0.4, -0.2) is 9.52 Å². The number of hydrogen-bond acceptors (Lipinski definition) is 0. The quantitative estimate of drug-likeness (QED) is 0.423. The van der Waals surface area contributed by atoms with E-state index in [4.69, 9.17) is 0 Å². The van der Waals surface area contributed by atoms with Crippen LogP contribution in [0, 0.1) is 0 Å². The van der Waals surface area contributed by atoms with Gasteiger partial charge in [-0.2, -0.15) is 0 Å². The maximum Gasteiger partial charge on any atom is 0.101 e. The van der Waals surface area contributed by atoms with Gasteiger partial charge in [-0.05, 0) is 26.7 Å². The molecule has 0 saturated heterocycles. The molecule has 0 saturated carbocycles. The predicted octanol–water partition coefficient (Wildman–Crippen LogP) is 4.10. The molecule has 0 N–H and O–H groups in total. The zero-order chi connectivity index (χ0) is 9.94. The molecule has 13 heavy (non-hydrogen) atoms. The first-order valence-corrected chi connectivity index (χ1v) is 6.47. The van der Waals surface area contributed by atoms with E-state index < -0.39 is 0 Å². The van der Waals surface area contributed by atoms with Crippen molar-refractivity contribution in [3.05, 3.63) is 23.0 Å². The van der Waals surface area contributed by atoms with E-state index in [0.717, 1.165) is 9.52 Å². The van der Waals surface area contributed by atoms with Crippen LogP contribution in [0.15, 0.2) is 23.0 Å². The third-order valence-corrected chi connectivity index (χ3v) is 2.98. The molecule has 0 unspecified atom stereocenters. The Balaban J connectivity index is 3.17. The Morgan fingerprint density at radius 3 is 2.54 bits per heavy atom. The number of allylic oxidation sites excluding steroid dienone is 2. The summed E-state index contributed by atoms with van der Waals surface area (Å²) >= 11 is 0. The van der Waals surface area contributed by atoms with Crippen molar-refractivity contribution in [1.82, 2.24) is 0 Å². The second-order valence-electron chi connectivity index (χ2n) is 3.64. The molecule has 0 spiro atoms. The van der Waals surface area contributed by atoms with Crippen molar-refractivity contribution in [3.63, 3.8) is 0 Å². The molecule has 0 aromatic heterocycles. The normalized spacial score (nSPS) is 10.7. The fraction of sp³-hybridized carbons (Fsp3) is 0.667. The van der Waals surface area contributed by atoms with Gasteiger partial charge in [-0.25, -0.2) is 0 Å². The van der Waals surface area contributed by atoms with Gasteiger partial charge in [0.2, 0.25) is 0 Å². The molecule has 0 heterocycles. The van der Waals surface area contributed by atoms with Crippen molar-refractivity contribution in [2.24, 2.45) is 0 Å². The highest BCUT2D eigenvalue weighted by molar-refractivity contribution is 6.48. The van der Waals surface area contributed by atoms with Crippen LogP contribution in [0.2, 0.25) is 0 Å². The Morgan fingerprint density at radius 2 is 1.92 bits per heavy atom. The first-order valence-electron chi connectivity index (χ1n) is 5.31. The summed E-state index contributed by atoms with van der Waals surface area (Å²) in [6.07, 6.45) is 9.08. The molecule has 0 aliphatic rings. The van der Waals surface area contributed by atoms with E-state index in [0.29, 0.717) is 0 Å². The lowest BCUT2D eigenvalue weighted by Gasteiger charge is -1.93. The zero-order valence-corrected chi connectivity index (χ0v) is 10.3. The van der Waals surface area contributed by atoms with Gasteiger partial charge in [0, 0.05) is 0 Å². The first kappa shape index (κ1) is 12.7. The largest absolute Gasteiger partial charge is 0.101 e. The standard InChI is InChI=1S/C12H22Si/c1-4-5-6-7-8-9-10-13-11-12(2)3/h9-11H,4-8H2,1-3H3. The van der Waals surface area contributed by atoms with E-state index in [1.54, 1.807) is 0 Å². The Morgan fingerprint density at radius 1 is 1.15 bits per heavy atom. The maximum atomic E-state index is 2.33. The van der Waals surface area contributed by atoms with Gasteiger partial charge in [0.25, 0.3) is 0 Å². The lowest BCUT2D eigenvalue weighted by molar-refractivity contribution is 0.674. The second kappa shape index (κ2) is 9.78. The molecule has 2 radical (unpaired) electrons. The van der Waals surface area contributed by atoms with E-state index in [9.17, 15) is 0 Å². The molecule has 0 rings (SSSR count). The average molecular weight is 194 g/mol. The zero-order valence-electron chi connectivity index (χ0n) is 9.27. The SMILES string of the molecule is CCCCCCC=C[Si]C=C(C)C. The highest BCUT2D eigenvalue weighted by Crippen LogP contribution is 2.02. The minimum atomic E-state index is 0.882. The number of hydrogen-bond donors (Lipinski definition) is 0. The molecule has 0 aromatic rings. The smallest absolute Gasteiger partial charge is 0.0979 e. The minimum absolute atomic E-state index is 0.882. The molecule has 0 amide bonds.